The minimum absolute atomic E-state index is 0.0810. The van der Waals surface area contributed by atoms with Gasteiger partial charge >= 0.3 is 0 Å². The Morgan fingerprint density at radius 2 is 1.90 bits per heavy atom. The van der Waals surface area contributed by atoms with Gasteiger partial charge in [-0.05, 0) is 30.5 Å². The normalized spacial score (nSPS) is 11.1. The average Bonchev–Trinajstić information content (AvgIpc) is 2.85. The highest BCUT2D eigenvalue weighted by Gasteiger charge is 2.16. The fourth-order valence-electron chi connectivity index (χ4n) is 1.43. The minimum Gasteiger partial charge on any atom is -0.326 e. The molecule has 0 spiro atoms. The quantitative estimate of drug-likeness (QED) is 0.805. The van der Waals surface area contributed by atoms with Crippen LogP contribution in [-0.2, 0) is 14.8 Å². The van der Waals surface area contributed by atoms with Crippen molar-refractivity contribution in [3.8, 4) is 0 Å². The van der Waals surface area contributed by atoms with Gasteiger partial charge in [0.05, 0.1) is 4.90 Å². The van der Waals surface area contributed by atoms with E-state index in [1.807, 2.05) is 6.26 Å². The predicted octanol–water partition coefficient (Wildman–Crippen LogP) is 2.02. The van der Waals surface area contributed by atoms with Crippen LogP contribution in [0.3, 0.4) is 0 Å². The summed E-state index contributed by atoms with van der Waals surface area (Å²) in [4.78, 5) is 11.0. The lowest BCUT2D eigenvalue weighted by Gasteiger charge is -2.06. The van der Waals surface area contributed by atoms with Crippen LogP contribution in [0, 0.1) is 0 Å². The third-order valence-corrected chi connectivity index (χ3v) is 5.59. The molecule has 0 aliphatic carbocycles. The molecule has 1 amide bonds. The fraction of sp³-hybridized carbons (Fsp3) is 0.182. The maximum atomic E-state index is 12.2. The van der Waals surface area contributed by atoms with Crippen LogP contribution in [0.1, 0.15) is 6.92 Å². The van der Waals surface area contributed by atoms with Gasteiger partial charge in [0.15, 0.2) is 4.34 Å². The highest BCUT2D eigenvalue weighted by molar-refractivity contribution is 8.00. The number of carbonyl (C=O) groups is 1. The Bertz CT molecular complexity index is 740. The smallest absolute Gasteiger partial charge is 0.263 e. The van der Waals surface area contributed by atoms with Crippen LogP contribution >= 0.6 is 23.1 Å². The van der Waals surface area contributed by atoms with Gasteiger partial charge in [0.25, 0.3) is 10.0 Å². The van der Waals surface area contributed by atoms with Gasteiger partial charge in [-0.15, -0.1) is 10.2 Å². The molecule has 0 radical (unpaired) electrons. The lowest BCUT2D eigenvalue weighted by Crippen LogP contribution is -2.13. The number of hydrogen-bond acceptors (Lipinski definition) is 7. The Morgan fingerprint density at radius 1 is 1.24 bits per heavy atom. The lowest BCUT2D eigenvalue weighted by atomic mass is 10.3. The number of amides is 1. The van der Waals surface area contributed by atoms with Gasteiger partial charge < -0.3 is 5.32 Å². The van der Waals surface area contributed by atoms with Gasteiger partial charge in [-0.2, -0.15) is 0 Å². The third-order valence-electron chi connectivity index (χ3n) is 2.29. The Labute approximate surface area is 130 Å². The molecule has 0 aliphatic heterocycles. The van der Waals surface area contributed by atoms with E-state index in [1.165, 1.54) is 43.0 Å². The molecule has 0 fully saturated rings. The fourth-order valence-corrected chi connectivity index (χ4v) is 3.83. The van der Waals surface area contributed by atoms with Crippen LogP contribution in [0.25, 0.3) is 0 Å². The second-order valence-electron chi connectivity index (χ2n) is 3.89. The molecule has 1 aromatic heterocycles. The van der Waals surface area contributed by atoms with E-state index >= 15 is 0 Å². The first-order valence-corrected chi connectivity index (χ1v) is 9.21. The summed E-state index contributed by atoms with van der Waals surface area (Å²) < 4.78 is 27.4. The van der Waals surface area contributed by atoms with Crippen molar-refractivity contribution in [2.45, 2.75) is 16.2 Å². The second kappa shape index (κ2) is 6.41. The Balaban J connectivity index is 2.17. The van der Waals surface area contributed by atoms with Crippen molar-refractivity contribution in [1.29, 1.82) is 0 Å². The number of nitrogens with zero attached hydrogens (tertiary/aromatic N) is 2. The van der Waals surface area contributed by atoms with Crippen LogP contribution in [-0.4, -0.2) is 30.8 Å². The molecule has 0 unspecified atom stereocenters. The van der Waals surface area contributed by atoms with E-state index in [-0.39, 0.29) is 15.9 Å². The Morgan fingerprint density at radius 3 is 2.43 bits per heavy atom. The van der Waals surface area contributed by atoms with Crippen LogP contribution in [0.5, 0.6) is 0 Å². The van der Waals surface area contributed by atoms with Crippen molar-refractivity contribution in [1.82, 2.24) is 10.2 Å². The molecule has 1 aromatic carbocycles. The Kier molecular flexibility index (Phi) is 4.80. The SMILES string of the molecule is CSc1nnc(NS(=O)(=O)c2ccc(NC(C)=O)cc2)s1. The summed E-state index contributed by atoms with van der Waals surface area (Å²) in [5, 5.41) is 10.4. The molecule has 0 atom stereocenters. The number of hydrogen-bond donors (Lipinski definition) is 2. The molecule has 0 saturated carbocycles. The summed E-state index contributed by atoms with van der Waals surface area (Å²) in [6.07, 6.45) is 1.83. The first kappa shape index (κ1) is 15.7. The van der Waals surface area contributed by atoms with Crippen molar-refractivity contribution in [3.63, 3.8) is 0 Å². The topological polar surface area (TPSA) is 101 Å². The molecule has 2 N–H and O–H groups in total. The Hall–Kier alpha value is -1.65. The molecule has 0 aliphatic rings. The van der Waals surface area contributed by atoms with Crippen molar-refractivity contribution >= 4 is 49.8 Å². The highest BCUT2D eigenvalue weighted by Crippen LogP contribution is 2.25. The predicted molar refractivity (Wildman–Crippen MR) is 83.2 cm³/mol. The van der Waals surface area contributed by atoms with Gasteiger partial charge in [0.2, 0.25) is 11.0 Å². The number of nitrogens with one attached hydrogen (secondary N) is 2. The molecular formula is C11H12N4O3S3. The van der Waals surface area contributed by atoms with Crippen molar-refractivity contribution < 1.29 is 13.2 Å². The molecule has 10 heteroatoms. The molecule has 7 nitrogen and oxygen atoms in total. The molecule has 0 bridgehead atoms. The summed E-state index contributed by atoms with van der Waals surface area (Å²) >= 11 is 2.55. The molecule has 0 saturated heterocycles. The van der Waals surface area contributed by atoms with E-state index in [4.69, 9.17) is 0 Å². The van der Waals surface area contributed by atoms with E-state index in [0.717, 1.165) is 11.3 Å². The van der Waals surface area contributed by atoms with Gasteiger partial charge in [0.1, 0.15) is 0 Å². The minimum atomic E-state index is -3.72. The van der Waals surface area contributed by atoms with Gasteiger partial charge in [-0.3, -0.25) is 9.52 Å². The zero-order chi connectivity index (χ0) is 15.5. The summed E-state index contributed by atoms with van der Waals surface area (Å²) in [6.45, 7) is 1.38. The van der Waals surface area contributed by atoms with Crippen LogP contribution in [0.15, 0.2) is 33.5 Å². The van der Waals surface area contributed by atoms with E-state index in [1.54, 1.807) is 0 Å². The number of rotatable bonds is 5. The van der Waals surface area contributed by atoms with E-state index in [0.29, 0.717) is 10.0 Å². The van der Waals surface area contributed by atoms with Crippen molar-refractivity contribution in [2.75, 3.05) is 16.3 Å². The van der Waals surface area contributed by atoms with Crippen LogP contribution < -0.4 is 10.0 Å². The number of aromatic nitrogens is 2. The zero-order valence-corrected chi connectivity index (χ0v) is 13.6. The number of thioether (sulfide) groups is 1. The molecule has 2 aromatic rings. The number of benzene rings is 1. The zero-order valence-electron chi connectivity index (χ0n) is 11.2. The summed E-state index contributed by atoms with van der Waals surface area (Å²) in [7, 11) is -3.72. The lowest BCUT2D eigenvalue weighted by molar-refractivity contribution is -0.114. The molecular weight excluding hydrogens is 332 g/mol. The second-order valence-corrected chi connectivity index (χ2v) is 7.60. The van der Waals surface area contributed by atoms with Crippen LogP contribution in [0.4, 0.5) is 10.8 Å². The molecule has 2 rings (SSSR count). The molecule has 21 heavy (non-hydrogen) atoms. The largest absolute Gasteiger partial charge is 0.326 e. The maximum absolute atomic E-state index is 12.2. The summed E-state index contributed by atoms with van der Waals surface area (Å²) in [5.74, 6) is -0.220. The van der Waals surface area contributed by atoms with E-state index in [9.17, 15) is 13.2 Å². The van der Waals surface area contributed by atoms with Crippen molar-refractivity contribution in [2.24, 2.45) is 0 Å². The first-order chi connectivity index (χ1) is 9.90. The molecule has 1 heterocycles. The monoisotopic (exact) mass is 344 g/mol. The maximum Gasteiger partial charge on any atom is 0.263 e. The number of anilines is 2. The highest BCUT2D eigenvalue weighted by atomic mass is 32.2. The number of sulfonamides is 1. The van der Waals surface area contributed by atoms with E-state index in [2.05, 4.69) is 20.2 Å². The van der Waals surface area contributed by atoms with Gasteiger partial charge in [0, 0.05) is 12.6 Å². The van der Waals surface area contributed by atoms with Gasteiger partial charge in [-0.1, -0.05) is 23.1 Å². The molecule has 112 valence electrons. The standard InChI is InChI=1S/C11H12N4O3S3/c1-7(16)12-8-3-5-9(6-4-8)21(17,18)15-10-13-14-11(19-2)20-10/h3-6H,1-2H3,(H,12,16)(H,13,15). The van der Waals surface area contributed by atoms with Crippen molar-refractivity contribution in [3.05, 3.63) is 24.3 Å². The summed E-state index contributed by atoms with van der Waals surface area (Å²) in [6, 6.07) is 5.85. The van der Waals surface area contributed by atoms with Gasteiger partial charge in [-0.25, -0.2) is 8.42 Å². The third kappa shape index (κ3) is 4.16. The average molecular weight is 344 g/mol. The first-order valence-electron chi connectivity index (χ1n) is 5.68. The number of carbonyl (C=O) groups excluding carboxylic acids is 1. The summed E-state index contributed by atoms with van der Waals surface area (Å²) in [5.41, 5.74) is 0.530. The van der Waals surface area contributed by atoms with E-state index < -0.39 is 10.0 Å². The van der Waals surface area contributed by atoms with Crippen LogP contribution in [0.2, 0.25) is 0 Å².